The van der Waals surface area contributed by atoms with Gasteiger partial charge in [0.05, 0.1) is 32.3 Å². The molecule has 0 spiro atoms. The molecule has 9 atom stereocenters. The summed E-state index contributed by atoms with van der Waals surface area (Å²) >= 11 is 0. The number of rotatable bonds is 6. The van der Waals surface area contributed by atoms with E-state index in [0.29, 0.717) is 48.8 Å². The first-order valence-corrected chi connectivity index (χ1v) is 15.4. The minimum atomic E-state index is -0.889. The average Bonchev–Trinajstić information content (AvgIpc) is 3.77. The van der Waals surface area contributed by atoms with Crippen molar-refractivity contribution in [2.24, 2.45) is 29.6 Å². The van der Waals surface area contributed by atoms with Gasteiger partial charge in [-0.1, -0.05) is 39.0 Å². The van der Waals surface area contributed by atoms with Crippen molar-refractivity contribution in [3.05, 3.63) is 59.9 Å². The van der Waals surface area contributed by atoms with Crippen molar-refractivity contribution >= 4 is 17.5 Å². The fraction of sp³-hybridized carbons (Fsp3) is 0.606. The summed E-state index contributed by atoms with van der Waals surface area (Å²) in [6, 6.07) is 10.9. The molecule has 1 N–H and O–H groups in total. The molecule has 5 aliphatic rings. The molecule has 5 fully saturated rings. The number of pyridine rings is 1. The van der Waals surface area contributed by atoms with Crippen molar-refractivity contribution in [1.82, 2.24) is 10.3 Å². The van der Waals surface area contributed by atoms with Gasteiger partial charge in [-0.25, -0.2) is 0 Å². The highest BCUT2D eigenvalue weighted by molar-refractivity contribution is 6.02. The summed E-state index contributed by atoms with van der Waals surface area (Å²) < 4.78 is 23.4. The van der Waals surface area contributed by atoms with Crippen molar-refractivity contribution in [2.75, 3.05) is 31.3 Å². The molecule has 1 aliphatic carbocycles. The van der Waals surface area contributed by atoms with Gasteiger partial charge in [0.2, 0.25) is 11.8 Å². The Bertz CT molecular complexity index is 1300. The second kappa shape index (κ2) is 11.0. The summed E-state index contributed by atoms with van der Waals surface area (Å²) in [7, 11) is 0. The average molecular weight is 576 g/mol. The smallest absolute Gasteiger partial charge is 0.248 e. The predicted molar refractivity (Wildman–Crippen MR) is 154 cm³/mol. The number of hydrogen-bond donors (Lipinski definition) is 1. The highest BCUT2D eigenvalue weighted by Gasteiger charge is 2.54. The minimum Gasteiger partial charge on any atom is -0.352 e. The molecule has 5 unspecified atom stereocenters. The lowest BCUT2D eigenvalue weighted by molar-refractivity contribution is -0.167. The number of hydrogen-bond acceptors (Lipinski definition) is 7. The molecule has 9 heteroatoms. The van der Waals surface area contributed by atoms with E-state index >= 15 is 0 Å². The molecule has 2 amide bonds. The van der Waals surface area contributed by atoms with Crippen LogP contribution in [-0.2, 0) is 34.0 Å². The SMILES string of the molecule is CC(C)(C)c1ccc(N(C(=O)C2COC3OCCC32)C(C(=O)N[C@H]2CC3CO[C@H]4OCC[C@@H]2[C@@H]34)c2cccnc2)cc1. The van der Waals surface area contributed by atoms with Crippen molar-refractivity contribution in [2.45, 2.75) is 70.1 Å². The number of ether oxygens (including phenoxy) is 4. The highest BCUT2D eigenvalue weighted by atomic mass is 16.7. The van der Waals surface area contributed by atoms with Gasteiger partial charge in [0.15, 0.2) is 12.6 Å². The molecule has 7 rings (SSSR count). The largest absolute Gasteiger partial charge is 0.352 e. The second-order valence-corrected chi connectivity index (χ2v) is 13.5. The summed E-state index contributed by atoms with van der Waals surface area (Å²) in [5.74, 6) is 0.237. The van der Waals surface area contributed by atoms with Gasteiger partial charge in [-0.3, -0.25) is 19.5 Å². The summed E-state index contributed by atoms with van der Waals surface area (Å²) in [4.78, 5) is 35.2. The summed E-state index contributed by atoms with van der Waals surface area (Å²) in [6.45, 7) is 8.64. The van der Waals surface area contributed by atoms with Gasteiger partial charge in [0.25, 0.3) is 0 Å². The molecule has 2 aromatic rings. The zero-order valence-electron chi connectivity index (χ0n) is 24.6. The van der Waals surface area contributed by atoms with Crippen LogP contribution in [0.15, 0.2) is 48.8 Å². The summed E-state index contributed by atoms with van der Waals surface area (Å²) in [5.41, 5.74) is 2.46. The third-order valence-corrected chi connectivity index (χ3v) is 10.1. The number of amides is 2. The number of fused-ring (bicyclic) bond motifs is 1. The fourth-order valence-corrected chi connectivity index (χ4v) is 7.89. The van der Waals surface area contributed by atoms with Crippen LogP contribution < -0.4 is 10.2 Å². The first-order valence-electron chi connectivity index (χ1n) is 15.4. The van der Waals surface area contributed by atoms with Crippen LogP contribution >= 0.6 is 0 Å². The van der Waals surface area contributed by atoms with Crippen molar-refractivity contribution in [3.8, 4) is 0 Å². The molecule has 1 aromatic heterocycles. The van der Waals surface area contributed by atoms with Crippen LogP contribution in [0.5, 0.6) is 0 Å². The predicted octanol–water partition coefficient (Wildman–Crippen LogP) is 3.98. The van der Waals surface area contributed by atoms with Crippen LogP contribution in [0.4, 0.5) is 5.69 Å². The Labute approximate surface area is 247 Å². The lowest BCUT2D eigenvalue weighted by Gasteiger charge is -2.36. The van der Waals surface area contributed by atoms with E-state index in [1.807, 2.05) is 24.3 Å². The molecule has 0 radical (unpaired) electrons. The molecule has 42 heavy (non-hydrogen) atoms. The van der Waals surface area contributed by atoms with E-state index in [0.717, 1.165) is 24.8 Å². The second-order valence-electron chi connectivity index (χ2n) is 13.5. The third kappa shape index (κ3) is 4.94. The van der Waals surface area contributed by atoms with Crippen molar-refractivity contribution < 1.29 is 28.5 Å². The zero-order chi connectivity index (χ0) is 29.0. The molecule has 4 saturated heterocycles. The lowest BCUT2D eigenvalue weighted by Crippen LogP contribution is -2.51. The van der Waals surface area contributed by atoms with Crippen molar-refractivity contribution in [1.29, 1.82) is 0 Å². The number of carbonyl (C=O) groups excluding carboxylic acids is 2. The lowest BCUT2D eigenvalue weighted by atomic mass is 9.86. The van der Waals surface area contributed by atoms with E-state index in [2.05, 4.69) is 43.2 Å². The Morgan fingerprint density at radius 1 is 0.952 bits per heavy atom. The van der Waals surface area contributed by atoms with Crippen molar-refractivity contribution in [3.63, 3.8) is 0 Å². The summed E-state index contributed by atoms with van der Waals surface area (Å²) in [6.07, 6.45) is 5.36. The summed E-state index contributed by atoms with van der Waals surface area (Å²) in [5, 5.41) is 3.41. The fourth-order valence-electron chi connectivity index (χ4n) is 7.89. The molecule has 9 nitrogen and oxygen atoms in total. The van der Waals surface area contributed by atoms with Gasteiger partial charge in [-0.05, 0) is 60.3 Å². The van der Waals surface area contributed by atoms with Gasteiger partial charge >= 0.3 is 0 Å². The Balaban J connectivity index is 1.25. The molecule has 224 valence electrons. The molecular formula is C33H41N3O6. The van der Waals surface area contributed by atoms with Crippen LogP contribution in [-0.4, -0.2) is 61.8 Å². The van der Waals surface area contributed by atoms with Gasteiger partial charge in [-0.2, -0.15) is 0 Å². The van der Waals surface area contributed by atoms with E-state index in [9.17, 15) is 9.59 Å². The van der Waals surface area contributed by atoms with Crippen LogP contribution in [0.1, 0.15) is 57.2 Å². The van der Waals surface area contributed by atoms with Crippen LogP contribution in [0, 0.1) is 29.6 Å². The number of benzene rings is 1. The molecule has 1 aromatic carbocycles. The Hall–Kier alpha value is -2.85. The molecule has 1 saturated carbocycles. The quantitative estimate of drug-likeness (QED) is 0.557. The van der Waals surface area contributed by atoms with Crippen LogP contribution in [0.3, 0.4) is 0 Å². The first kappa shape index (κ1) is 28.0. The molecule has 5 heterocycles. The monoisotopic (exact) mass is 575 g/mol. The third-order valence-electron chi connectivity index (χ3n) is 10.1. The first-order chi connectivity index (χ1) is 20.3. The van der Waals surface area contributed by atoms with E-state index in [1.165, 1.54) is 0 Å². The maximum atomic E-state index is 14.6. The maximum Gasteiger partial charge on any atom is 0.248 e. The molecule has 4 aliphatic heterocycles. The van der Waals surface area contributed by atoms with Gasteiger partial charge in [0.1, 0.15) is 6.04 Å². The molecule has 0 bridgehead atoms. The Morgan fingerprint density at radius 2 is 1.69 bits per heavy atom. The van der Waals surface area contributed by atoms with Gasteiger partial charge in [-0.15, -0.1) is 0 Å². The zero-order valence-corrected chi connectivity index (χ0v) is 24.6. The Morgan fingerprint density at radius 3 is 2.43 bits per heavy atom. The van der Waals surface area contributed by atoms with Crippen LogP contribution in [0.25, 0.3) is 0 Å². The number of anilines is 1. The number of nitrogens with one attached hydrogen (secondary N) is 1. The number of aromatic nitrogens is 1. The minimum absolute atomic E-state index is 0.00427. The van der Waals surface area contributed by atoms with Gasteiger partial charge in [0, 0.05) is 41.5 Å². The maximum absolute atomic E-state index is 14.6. The van der Waals surface area contributed by atoms with E-state index in [-0.39, 0.29) is 48.4 Å². The molecular weight excluding hydrogens is 534 g/mol. The highest BCUT2D eigenvalue weighted by Crippen LogP contribution is 2.49. The van der Waals surface area contributed by atoms with E-state index < -0.39 is 12.0 Å². The normalized spacial score (nSPS) is 34.1. The van der Waals surface area contributed by atoms with Gasteiger partial charge < -0.3 is 24.3 Å². The number of nitrogens with zero attached hydrogens (tertiary/aromatic N) is 2. The van der Waals surface area contributed by atoms with Crippen LogP contribution in [0.2, 0.25) is 0 Å². The standard InChI is InChI=1S/C33H41N3O6/c1-33(2,3)21-6-8-22(9-7-21)36(30(38)25-18-42-31-23(25)10-13-39-31)28(19-5-4-12-34-16-19)29(37)35-26-15-20-17-41-32-27(20)24(26)11-14-40-32/h4-9,12,16,20,23-28,31-32H,10-11,13-15,17-18H2,1-3H3,(H,35,37)/t20?,23?,24-,25?,26-,27+,28?,31?,32+/m0/s1. The number of carbonyl (C=O) groups is 2. The van der Waals surface area contributed by atoms with E-state index in [4.69, 9.17) is 18.9 Å². The van der Waals surface area contributed by atoms with E-state index in [1.54, 1.807) is 17.3 Å². The Kier molecular flexibility index (Phi) is 7.33. The topological polar surface area (TPSA) is 99.2 Å².